The van der Waals surface area contributed by atoms with Crippen LogP contribution in [0.5, 0.6) is 0 Å². The molecule has 0 radical (unpaired) electrons. The summed E-state index contributed by atoms with van der Waals surface area (Å²) in [4.78, 5) is 2.57. The standard InChI is InChI=1S/C22H15ClS/c23-19-13-11-16(12-14-19)20-15-21(17-7-3-1-4-8-17)24-22(20)18-9-5-2-6-10-18/h1-15H. The number of rotatable bonds is 3. The first-order chi connectivity index (χ1) is 11.8. The molecule has 4 aromatic rings. The summed E-state index contributed by atoms with van der Waals surface area (Å²) in [6.45, 7) is 0. The van der Waals surface area contributed by atoms with Gasteiger partial charge < -0.3 is 0 Å². The smallest absolute Gasteiger partial charge is 0.0427 e. The van der Waals surface area contributed by atoms with E-state index in [2.05, 4.69) is 78.9 Å². The van der Waals surface area contributed by atoms with Crippen LogP contribution in [0.4, 0.5) is 0 Å². The lowest BCUT2D eigenvalue weighted by Crippen LogP contribution is -1.78. The fourth-order valence-corrected chi connectivity index (χ4v) is 4.10. The van der Waals surface area contributed by atoms with Crippen molar-refractivity contribution in [1.82, 2.24) is 0 Å². The average molecular weight is 347 g/mol. The normalized spacial score (nSPS) is 10.7. The molecular formula is C22H15ClS. The Morgan fingerprint density at radius 1 is 0.583 bits per heavy atom. The highest BCUT2D eigenvalue weighted by Crippen LogP contribution is 2.43. The predicted octanol–water partition coefficient (Wildman–Crippen LogP) is 7.40. The zero-order valence-electron chi connectivity index (χ0n) is 12.9. The van der Waals surface area contributed by atoms with Gasteiger partial charge in [-0.2, -0.15) is 0 Å². The first kappa shape index (κ1) is 15.2. The van der Waals surface area contributed by atoms with Crippen LogP contribution in [0.25, 0.3) is 32.0 Å². The second kappa shape index (κ2) is 6.64. The Bertz CT molecular complexity index is 938. The van der Waals surface area contributed by atoms with Crippen LogP contribution in [-0.4, -0.2) is 0 Å². The van der Waals surface area contributed by atoms with Crippen LogP contribution in [-0.2, 0) is 0 Å². The van der Waals surface area contributed by atoms with Gasteiger partial charge in [0.2, 0.25) is 0 Å². The molecule has 0 unspecified atom stereocenters. The van der Waals surface area contributed by atoms with Gasteiger partial charge in [-0.3, -0.25) is 0 Å². The third kappa shape index (κ3) is 3.01. The molecule has 0 spiro atoms. The number of hydrogen-bond donors (Lipinski definition) is 0. The van der Waals surface area contributed by atoms with E-state index in [9.17, 15) is 0 Å². The molecule has 116 valence electrons. The van der Waals surface area contributed by atoms with Gasteiger partial charge in [-0.1, -0.05) is 84.4 Å². The van der Waals surface area contributed by atoms with Crippen LogP contribution < -0.4 is 0 Å². The lowest BCUT2D eigenvalue weighted by molar-refractivity contribution is 1.64. The van der Waals surface area contributed by atoms with Crippen molar-refractivity contribution in [2.24, 2.45) is 0 Å². The Balaban J connectivity index is 1.90. The third-order valence-electron chi connectivity index (χ3n) is 3.98. The minimum atomic E-state index is 0.763. The highest BCUT2D eigenvalue weighted by atomic mass is 35.5. The van der Waals surface area contributed by atoms with Gasteiger partial charge in [0.25, 0.3) is 0 Å². The quantitative estimate of drug-likeness (QED) is 0.362. The second-order valence-corrected chi connectivity index (χ2v) is 7.08. The van der Waals surface area contributed by atoms with Crippen molar-refractivity contribution in [3.8, 4) is 32.0 Å². The third-order valence-corrected chi connectivity index (χ3v) is 5.47. The van der Waals surface area contributed by atoms with Gasteiger partial charge in [0.1, 0.15) is 0 Å². The van der Waals surface area contributed by atoms with Crippen LogP contribution >= 0.6 is 22.9 Å². The van der Waals surface area contributed by atoms with Crippen molar-refractivity contribution < 1.29 is 0 Å². The van der Waals surface area contributed by atoms with Crippen molar-refractivity contribution in [3.63, 3.8) is 0 Å². The molecule has 24 heavy (non-hydrogen) atoms. The van der Waals surface area contributed by atoms with Crippen molar-refractivity contribution >= 4 is 22.9 Å². The molecule has 0 N–H and O–H groups in total. The van der Waals surface area contributed by atoms with E-state index in [0.717, 1.165) is 5.02 Å². The molecule has 0 fully saturated rings. The van der Waals surface area contributed by atoms with Gasteiger partial charge in [-0.25, -0.2) is 0 Å². The zero-order chi connectivity index (χ0) is 16.4. The topological polar surface area (TPSA) is 0 Å². The Hall–Kier alpha value is -2.35. The van der Waals surface area contributed by atoms with E-state index < -0.39 is 0 Å². The Kier molecular flexibility index (Phi) is 4.20. The first-order valence-electron chi connectivity index (χ1n) is 7.82. The van der Waals surface area contributed by atoms with Gasteiger partial charge in [0, 0.05) is 20.3 Å². The summed E-state index contributed by atoms with van der Waals surface area (Å²) in [6.07, 6.45) is 0. The number of hydrogen-bond acceptors (Lipinski definition) is 1. The molecule has 0 saturated heterocycles. The number of benzene rings is 3. The van der Waals surface area contributed by atoms with Gasteiger partial charge in [-0.15, -0.1) is 11.3 Å². The highest BCUT2D eigenvalue weighted by Gasteiger charge is 2.13. The molecule has 0 aliphatic carbocycles. The molecule has 0 amide bonds. The highest BCUT2D eigenvalue weighted by molar-refractivity contribution is 7.19. The summed E-state index contributed by atoms with van der Waals surface area (Å²) in [7, 11) is 0. The maximum atomic E-state index is 6.06. The Morgan fingerprint density at radius 2 is 1.17 bits per heavy atom. The van der Waals surface area contributed by atoms with Gasteiger partial charge in [-0.05, 0) is 34.9 Å². The maximum absolute atomic E-state index is 6.06. The second-order valence-electron chi connectivity index (χ2n) is 5.59. The largest absolute Gasteiger partial charge is 0.135 e. The summed E-state index contributed by atoms with van der Waals surface area (Å²) < 4.78 is 0. The molecule has 0 saturated carbocycles. The minimum absolute atomic E-state index is 0.763. The molecule has 0 aliphatic heterocycles. The molecule has 1 heterocycles. The van der Waals surface area contributed by atoms with Crippen molar-refractivity contribution in [2.45, 2.75) is 0 Å². The summed E-state index contributed by atoms with van der Waals surface area (Å²) in [5.74, 6) is 0. The molecule has 0 bridgehead atoms. The van der Waals surface area contributed by atoms with Crippen molar-refractivity contribution in [1.29, 1.82) is 0 Å². The molecule has 4 rings (SSSR count). The molecule has 0 aliphatic rings. The molecular weight excluding hydrogens is 332 g/mol. The fraction of sp³-hybridized carbons (Fsp3) is 0. The fourth-order valence-electron chi connectivity index (χ4n) is 2.78. The van der Waals surface area contributed by atoms with Crippen LogP contribution in [0.3, 0.4) is 0 Å². The van der Waals surface area contributed by atoms with Gasteiger partial charge in [0.05, 0.1) is 0 Å². The molecule has 0 nitrogen and oxygen atoms in total. The zero-order valence-corrected chi connectivity index (χ0v) is 14.5. The number of halogens is 1. The van der Waals surface area contributed by atoms with Gasteiger partial charge >= 0.3 is 0 Å². The van der Waals surface area contributed by atoms with Crippen LogP contribution in [0, 0.1) is 0 Å². The van der Waals surface area contributed by atoms with Crippen LogP contribution in [0.2, 0.25) is 5.02 Å². The Morgan fingerprint density at radius 3 is 1.79 bits per heavy atom. The molecule has 1 aromatic heterocycles. The van der Waals surface area contributed by atoms with Crippen molar-refractivity contribution in [2.75, 3.05) is 0 Å². The summed E-state index contributed by atoms with van der Waals surface area (Å²) >= 11 is 7.89. The van der Waals surface area contributed by atoms with Crippen LogP contribution in [0.15, 0.2) is 91.0 Å². The van der Waals surface area contributed by atoms with Crippen LogP contribution in [0.1, 0.15) is 0 Å². The van der Waals surface area contributed by atoms with E-state index in [4.69, 9.17) is 11.6 Å². The SMILES string of the molecule is Clc1ccc(-c2cc(-c3ccccc3)sc2-c2ccccc2)cc1. The first-order valence-corrected chi connectivity index (χ1v) is 9.01. The van der Waals surface area contributed by atoms with Gasteiger partial charge in [0.15, 0.2) is 0 Å². The van der Waals surface area contributed by atoms with Crippen molar-refractivity contribution in [3.05, 3.63) is 96.0 Å². The van der Waals surface area contributed by atoms with E-state index in [0.29, 0.717) is 0 Å². The summed E-state index contributed by atoms with van der Waals surface area (Å²) in [5.41, 5.74) is 4.94. The number of thiophene rings is 1. The molecule has 2 heteroatoms. The maximum Gasteiger partial charge on any atom is 0.0427 e. The monoisotopic (exact) mass is 346 g/mol. The molecule has 0 atom stereocenters. The minimum Gasteiger partial charge on any atom is -0.135 e. The Labute approximate surface area is 151 Å². The van der Waals surface area contributed by atoms with E-state index in [1.165, 1.54) is 32.0 Å². The summed E-state index contributed by atoms with van der Waals surface area (Å²) in [5, 5.41) is 0.763. The van der Waals surface area contributed by atoms with E-state index in [-0.39, 0.29) is 0 Å². The average Bonchev–Trinajstić information content (AvgIpc) is 3.09. The van der Waals surface area contributed by atoms with E-state index in [1.807, 2.05) is 23.5 Å². The van der Waals surface area contributed by atoms with E-state index >= 15 is 0 Å². The predicted molar refractivity (Wildman–Crippen MR) is 106 cm³/mol. The van der Waals surface area contributed by atoms with E-state index in [1.54, 1.807) is 0 Å². The lowest BCUT2D eigenvalue weighted by atomic mass is 10.0. The summed E-state index contributed by atoms with van der Waals surface area (Å²) in [6, 6.07) is 31.5. The molecule has 3 aromatic carbocycles. The lowest BCUT2D eigenvalue weighted by Gasteiger charge is -2.04.